The Balaban J connectivity index is 1.62. The van der Waals surface area contributed by atoms with Gasteiger partial charge in [0.2, 0.25) is 10.0 Å². The van der Waals surface area contributed by atoms with Crippen LogP contribution in [0, 0.1) is 11.3 Å². The molecule has 11 heteroatoms. The van der Waals surface area contributed by atoms with Crippen LogP contribution in [0.2, 0.25) is 0 Å². The van der Waals surface area contributed by atoms with Gasteiger partial charge in [-0.25, -0.2) is 13.1 Å². The normalized spacial score (nSPS) is 15.2. The number of hydrogen-bond acceptors (Lipinski definition) is 8. The maximum atomic E-state index is 12.1. The van der Waals surface area contributed by atoms with E-state index in [1.807, 2.05) is 38.1 Å². The standard InChI is InChI=1S/C23H22N4O5S2/c1-13(2)32-20-9-6-14(10-15(20)11-24)22-25-26-23(33-22)18-5-3-4-17-16(18)7-8-19(17)27-34(30,31)12-21(28)29/h3-6,9-10,13,19,27H,7-8,12H2,1-2H3,(H,28,29)/t19-/m1/s1. The summed E-state index contributed by atoms with van der Waals surface area (Å²) < 4.78 is 32.4. The third kappa shape index (κ3) is 5.09. The van der Waals surface area contributed by atoms with Gasteiger partial charge in [0.15, 0.2) is 5.75 Å². The molecule has 0 fully saturated rings. The number of nitriles is 1. The number of nitrogens with one attached hydrogen (secondary N) is 1. The monoisotopic (exact) mass is 498 g/mol. The molecule has 1 atom stereocenters. The highest BCUT2D eigenvalue weighted by molar-refractivity contribution is 7.90. The highest BCUT2D eigenvalue weighted by Crippen LogP contribution is 2.40. The van der Waals surface area contributed by atoms with Crippen LogP contribution < -0.4 is 9.46 Å². The van der Waals surface area contributed by atoms with Crippen LogP contribution >= 0.6 is 11.3 Å². The smallest absolute Gasteiger partial charge is 0.320 e. The molecule has 0 bridgehead atoms. The third-order valence-corrected chi connectivity index (χ3v) is 7.55. The van der Waals surface area contributed by atoms with Crippen molar-refractivity contribution < 1.29 is 23.1 Å². The van der Waals surface area contributed by atoms with Crippen LogP contribution in [0.3, 0.4) is 0 Å². The van der Waals surface area contributed by atoms with Crippen LogP contribution in [0.4, 0.5) is 0 Å². The molecule has 176 valence electrons. The topological polar surface area (TPSA) is 142 Å². The molecule has 4 rings (SSSR count). The molecular formula is C23H22N4O5S2. The number of hydrogen-bond donors (Lipinski definition) is 2. The van der Waals surface area contributed by atoms with Gasteiger partial charge in [0, 0.05) is 17.2 Å². The zero-order chi connectivity index (χ0) is 24.5. The van der Waals surface area contributed by atoms with Gasteiger partial charge in [-0.05, 0) is 56.0 Å². The Kier molecular flexibility index (Phi) is 6.65. The van der Waals surface area contributed by atoms with E-state index in [0.717, 1.165) is 22.3 Å². The van der Waals surface area contributed by atoms with Crippen LogP contribution in [0.25, 0.3) is 21.1 Å². The summed E-state index contributed by atoms with van der Waals surface area (Å²) in [6.45, 7) is 3.79. The van der Waals surface area contributed by atoms with Crippen LogP contribution in [0.15, 0.2) is 36.4 Å². The quantitative estimate of drug-likeness (QED) is 0.480. The zero-order valence-corrected chi connectivity index (χ0v) is 20.1. The van der Waals surface area contributed by atoms with E-state index < -0.39 is 27.8 Å². The number of aromatic nitrogens is 2. The lowest BCUT2D eigenvalue weighted by Gasteiger charge is -2.14. The molecule has 0 radical (unpaired) electrons. The average molecular weight is 499 g/mol. The van der Waals surface area contributed by atoms with E-state index in [1.165, 1.54) is 11.3 Å². The molecule has 0 amide bonds. The summed E-state index contributed by atoms with van der Waals surface area (Å²) in [5.74, 6) is -1.85. The van der Waals surface area contributed by atoms with Gasteiger partial charge in [-0.15, -0.1) is 10.2 Å². The van der Waals surface area contributed by atoms with Crippen molar-refractivity contribution >= 4 is 27.3 Å². The second-order valence-corrected chi connectivity index (χ2v) is 10.9. The first kappa shape index (κ1) is 23.8. The molecule has 1 heterocycles. The highest BCUT2D eigenvalue weighted by atomic mass is 32.2. The van der Waals surface area contributed by atoms with Crippen molar-refractivity contribution in [2.75, 3.05) is 5.75 Å². The molecule has 0 aliphatic heterocycles. The number of fused-ring (bicyclic) bond motifs is 1. The summed E-state index contributed by atoms with van der Waals surface area (Å²) in [6.07, 6.45) is 1.10. The van der Waals surface area contributed by atoms with Gasteiger partial charge in [0.25, 0.3) is 0 Å². The molecule has 34 heavy (non-hydrogen) atoms. The van der Waals surface area contributed by atoms with Gasteiger partial charge >= 0.3 is 5.97 Å². The van der Waals surface area contributed by atoms with Gasteiger partial charge in [0.1, 0.15) is 21.8 Å². The number of rotatable bonds is 8. The molecule has 1 aliphatic rings. The van der Waals surface area contributed by atoms with Gasteiger partial charge < -0.3 is 9.84 Å². The molecule has 3 aromatic rings. The van der Waals surface area contributed by atoms with E-state index in [4.69, 9.17) is 9.84 Å². The van der Waals surface area contributed by atoms with Crippen molar-refractivity contribution in [1.82, 2.24) is 14.9 Å². The molecule has 1 aromatic heterocycles. The van der Waals surface area contributed by atoms with Gasteiger partial charge in [0.05, 0.1) is 11.7 Å². The second kappa shape index (κ2) is 9.50. The third-order valence-electron chi connectivity index (χ3n) is 5.27. The summed E-state index contributed by atoms with van der Waals surface area (Å²) in [6, 6.07) is 12.6. The lowest BCUT2D eigenvalue weighted by molar-refractivity contribution is -0.134. The lowest BCUT2D eigenvalue weighted by atomic mass is 10.0. The number of nitrogens with zero attached hydrogens (tertiary/aromatic N) is 3. The lowest BCUT2D eigenvalue weighted by Crippen LogP contribution is -2.32. The number of aliphatic carboxylic acids is 1. The summed E-state index contributed by atoms with van der Waals surface area (Å²) >= 11 is 1.38. The number of sulfonamides is 1. The number of carboxylic acid groups (broad SMARTS) is 1. The first-order valence-corrected chi connectivity index (χ1v) is 13.0. The van der Waals surface area contributed by atoms with E-state index in [1.54, 1.807) is 12.1 Å². The van der Waals surface area contributed by atoms with Crippen LogP contribution in [0.5, 0.6) is 5.75 Å². The molecule has 0 saturated heterocycles. The molecular weight excluding hydrogens is 476 g/mol. The predicted molar refractivity (Wildman–Crippen MR) is 127 cm³/mol. The summed E-state index contributed by atoms with van der Waals surface area (Å²) in [7, 11) is -3.95. The largest absolute Gasteiger partial charge is 0.490 e. The Morgan fingerprint density at radius 2 is 2.06 bits per heavy atom. The molecule has 0 spiro atoms. The molecule has 9 nitrogen and oxygen atoms in total. The fourth-order valence-electron chi connectivity index (χ4n) is 3.95. The van der Waals surface area contributed by atoms with E-state index in [2.05, 4.69) is 21.0 Å². The highest BCUT2D eigenvalue weighted by Gasteiger charge is 2.30. The fourth-order valence-corrected chi connectivity index (χ4v) is 5.93. The molecule has 1 aliphatic carbocycles. The van der Waals surface area contributed by atoms with Gasteiger partial charge in [-0.2, -0.15) is 5.26 Å². The number of carboxylic acids is 1. The van der Waals surface area contributed by atoms with Crippen molar-refractivity contribution in [3.8, 4) is 33.0 Å². The zero-order valence-electron chi connectivity index (χ0n) is 18.5. The molecule has 0 saturated carbocycles. The molecule has 0 unspecified atom stereocenters. The van der Waals surface area contributed by atoms with E-state index in [9.17, 15) is 18.5 Å². The van der Waals surface area contributed by atoms with Crippen molar-refractivity contribution in [3.05, 3.63) is 53.1 Å². The van der Waals surface area contributed by atoms with Crippen LogP contribution in [-0.4, -0.2) is 41.5 Å². The Labute approximate surface area is 201 Å². The van der Waals surface area contributed by atoms with Crippen molar-refractivity contribution in [2.45, 2.75) is 38.8 Å². The molecule has 2 N–H and O–H groups in total. The van der Waals surface area contributed by atoms with Gasteiger partial charge in [-0.1, -0.05) is 29.5 Å². The first-order valence-electron chi connectivity index (χ1n) is 10.6. The number of benzene rings is 2. The van der Waals surface area contributed by atoms with Crippen LogP contribution in [-0.2, 0) is 21.2 Å². The minimum atomic E-state index is -3.95. The first-order chi connectivity index (χ1) is 16.2. The van der Waals surface area contributed by atoms with E-state index >= 15 is 0 Å². The second-order valence-electron chi connectivity index (χ2n) is 8.14. The molecule has 2 aromatic carbocycles. The Morgan fingerprint density at radius 1 is 1.29 bits per heavy atom. The van der Waals surface area contributed by atoms with Crippen molar-refractivity contribution in [1.29, 1.82) is 5.26 Å². The summed E-state index contributed by atoms with van der Waals surface area (Å²) in [5.41, 5.74) is 3.81. The van der Waals surface area contributed by atoms with Crippen molar-refractivity contribution in [2.24, 2.45) is 0 Å². The maximum Gasteiger partial charge on any atom is 0.320 e. The van der Waals surface area contributed by atoms with Crippen LogP contribution in [0.1, 0.15) is 43.0 Å². The van der Waals surface area contributed by atoms with Crippen molar-refractivity contribution in [3.63, 3.8) is 0 Å². The van der Waals surface area contributed by atoms with Gasteiger partial charge in [-0.3, -0.25) is 4.79 Å². The predicted octanol–water partition coefficient (Wildman–Crippen LogP) is 3.52. The fraction of sp³-hybridized carbons (Fsp3) is 0.304. The Hall–Kier alpha value is -3.33. The maximum absolute atomic E-state index is 12.1. The minimum Gasteiger partial charge on any atom is -0.490 e. The Morgan fingerprint density at radius 3 is 2.76 bits per heavy atom. The summed E-state index contributed by atoms with van der Waals surface area (Å²) in [4.78, 5) is 10.8. The number of ether oxygens (including phenoxy) is 1. The minimum absolute atomic E-state index is 0.0521. The van der Waals surface area contributed by atoms with E-state index in [-0.39, 0.29) is 6.10 Å². The number of carbonyl (C=O) groups is 1. The summed E-state index contributed by atoms with van der Waals surface area (Å²) in [5, 5.41) is 28.3. The average Bonchev–Trinajstić information content (AvgIpc) is 3.40. The van der Waals surface area contributed by atoms with E-state index in [0.29, 0.717) is 34.2 Å². The SMILES string of the molecule is CC(C)Oc1ccc(-c2nnc(-c3cccc4c3CC[C@H]4NS(=O)(=O)CC(=O)O)s2)cc1C#N. The Bertz CT molecular complexity index is 1390.